The Morgan fingerprint density at radius 1 is 1.27 bits per heavy atom. The van der Waals surface area contributed by atoms with Gasteiger partial charge in [0.1, 0.15) is 15.5 Å². The van der Waals surface area contributed by atoms with Crippen LogP contribution in [0.2, 0.25) is 10.3 Å². The zero-order valence-corrected chi connectivity index (χ0v) is 14.6. The molecule has 1 N–H and O–H groups in total. The Morgan fingerprint density at radius 2 is 1.95 bits per heavy atom. The fourth-order valence-electron chi connectivity index (χ4n) is 2.28. The number of imidazole rings is 1. The van der Waals surface area contributed by atoms with Gasteiger partial charge in [-0.15, -0.1) is 0 Å². The van der Waals surface area contributed by atoms with Crippen molar-refractivity contribution in [2.75, 3.05) is 0 Å². The van der Waals surface area contributed by atoms with Crippen LogP contribution in [0.1, 0.15) is 11.5 Å². The predicted octanol–water partition coefficient (Wildman–Crippen LogP) is 3.56. The molecule has 3 aromatic rings. The summed E-state index contributed by atoms with van der Waals surface area (Å²) >= 11 is 15.1. The lowest BCUT2D eigenvalue weighted by Crippen LogP contribution is -2.19. The van der Waals surface area contributed by atoms with Crippen molar-refractivity contribution in [3.8, 4) is 5.69 Å². The van der Waals surface area contributed by atoms with Crippen LogP contribution in [0.25, 0.3) is 5.69 Å². The average Bonchev–Trinajstić information content (AvgIpc) is 2.92. The zero-order chi connectivity index (χ0) is 15.9. The second-order valence-electron chi connectivity index (χ2n) is 4.70. The maximum Gasteiger partial charge on any atom is 0.285 e. The molecule has 2 aromatic heterocycles. The number of nitrogens with one attached hydrogen (secondary N) is 1. The molecule has 8 heteroatoms. The van der Waals surface area contributed by atoms with Crippen molar-refractivity contribution in [2.24, 2.45) is 7.05 Å². The Kier molecular flexibility index (Phi) is 4.16. The molecule has 0 radical (unpaired) electrons. The Hall–Kier alpha value is -1.50. The van der Waals surface area contributed by atoms with Gasteiger partial charge in [0.05, 0.1) is 11.4 Å². The van der Waals surface area contributed by atoms with Gasteiger partial charge in [-0.2, -0.15) is 0 Å². The van der Waals surface area contributed by atoms with Crippen LogP contribution >= 0.6 is 39.1 Å². The molecule has 0 aliphatic rings. The fourth-order valence-corrected chi connectivity index (χ4v) is 3.15. The van der Waals surface area contributed by atoms with Crippen molar-refractivity contribution in [3.05, 3.63) is 67.0 Å². The molecule has 5 nitrogen and oxygen atoms in total. The third-order valence-corrected chi connectivity index (χ3v) is 4.77. The monoisotopic (exact) mass is 400 g/mol. The number of aromatic nitrogens is 4. The van der Waals surface area contributed by atoms with Crippen LogP contribution in [0.3, 0.4) is 0 Å². The van der Waals surface area contributed by atoms with Crippen molar-refractivity contribution in [1.29, 1.82) is 0 Å². The minimum absolute atomic E-state index is 0.132. The van der Waals surface area contributed by atoms with Gasteiger partial charge < -0.3 is 4.98 Å². The summed E-state index contributed by atoms with van der Waals surface area (Å²) in [7, 11) is 1.82. The Bertz CT molecular complexity index is 863. The summed E-state index contributed by atoms with van der Waals surface area (Å²) in [5.41, 5.74) is 1.43. The molecular weight excluding hydrogens is 391 g/mol. The maximum absolute atomic E-state index is 12.5. The first kappa shape index (κ1) is 15.4. The lowest BCUT2D eigenvalue weighted by molar-refractivity contribution is 0.619. The number of halogens is 3. The molecule has 0 saturated heterocycles. The van der Waals surface area contributed by atoms with Crippen LogP contribution in [-0.2, 0) is 13.5 Å². The number of benzene rings is 1. The van der Waals surface area contributed by atoms with Crippen LogP contribution in [0, 0.1) is 0 Å². The number of para-hydroxylation sites is 1. The first-order chi connectivity index (χ1) is 10.5. The summed E-state index contributed by atoms with van der Waals surface area (Å²) in [5, 5.41) is 0.514. The molecule has 0 aliphatic carbocycles. The number of H-pyrrole nitrogens is 1. The van der Waals surface area contributed by atoms with Crippen molar-refractivity contribution in [1.82, 2.24) is 19.3 Å². The summed E-state index contributed by atoms with van der Waals surface area (Å²) in [6.07, 6.45) is 0.401. The van der Waals surface area contributed by atoms with E-state index >= 15 is 0 Å². The molecular formula is C14H11BrCl2N4O. The highest BCUT2D eigenvalue weighted by Gasteiger charge is 2.18. The van der Waals surface area contributed by atoms with E-state index in [-0.39, 0.29) is 10.7 Å². The molecule has 2 heterocycles. The van der Waals surface area contributed by atoms with Crippen LogP contribution in [0.4, 0.5) is 0 Å². The smallest absolute Gasteiger partial charge is 0.285 e. The third-order valence-electron chi connectivity index (χ3n) is 3.33. The van der Waals surface area contributed by atoms with Crippen molar-refractivity contribution >= 4 is 39.1 Å². The van der Waals surface area contributed by atoms with Gasteiger partial charge in [0, 0.05) is 13.5 Å². The minimum atomic E-state index is -0.132. The van der Waals surface area contributed by atoms with E-state index in [1.165, 1.54) is 0 Å². The minimum Gasteiger partial charge on any atom is -0.331 e. The second-order valence-corrected chi connectivity index (χ2v) is 6.23. The van der Waals surface area contributed by atoms with E-state index in [0.29, 0.717) is 21.9 Å². The van der Waals surface area contributed by atoms with E-state index in [4.69, 9.17) is 23.2 Å². The number of nitrogens with zero attached hydrogens (tertiary/aromatic N) is 3. The predicted molar refractivity (Wildman–Crippen MR) is 90.1 cm³/mol. The third kappa shape index (κ3) is 2.62. The topological polar surface area (TPSA) is 55.6 Å². The van der Waals surface area contributed by atoms with Crippen LogP contribution < -0.4 is 5.56 Å². The SMILES string of the molecule is Cn1c(Cc2nc(Cl)c(Cl)[nH]2)c(Br)c(=O)n1-c1ccccc1. The zero-order valence-electron chi connectivity index (χ0n) is 11.5. The Balaban J connectivity index is 2.08. The van der Waals surface area contributed by atoms with Gasteiger partial charge in [-0.25, -0.2) is 9.67 Å². The van der Waals surface area contributed by atoms with E-state index in [0.717, 1.165) is 11.4 Å². The summed E-state index contributed by atoms with van der Waals surface area (Å²) in [6.45, 7) is 0. The fraction of sp³-hybridized carbons (Fsp3) is 0.143. The maximum atomic E-state index is 12.5. The number of aromatic amines is 1. The highest BCUT2D eigenvalue weighted by atomic mass is 79.9. The molecule has 0 spiro atoms. The van der Waals surface area contributed by atoms with Gasteiger partial charge in [-0.1, -0.05) is 41.4 Å². The highest BCUT2D eigenvalue weighted by Crippen LogP contribution is 2.22. The first-order valence-electron chi connectivity index (χ1n) is 6.40. The summed E-state index contributed by atoms with van der Waals surface area (Å²) < 4.78 is 3.86. The number of hydrogen-bond acceptors (Lipinski definition) is 2. The molecule has 0 unspecified atom stereocenters. The van der Waals surface area contributed by atoms with E-state index in [9.17, 15) is 4.79 Å². The summed E-state index contributed by atoms with van der Waals surface area (Å²) in [4.78, 5) is 19.5. The molecule has 22 heavy (non-hydrogen) atoms. The van der Waals surface area contributed by atoms with Crippen LogP contribution in [0.5, 0.6) is 0 Å². The van der Waals surface area contributed by atoms with Gasteiger partial charge in [0.25, 0.3) is 5.56 Å². The molecule has 0 amide bonds. The standard InChI is InChI=1S/C14H11BrCl2N4O/c1-20-9(7-10-18-12(16)13(17)19-10)11(15)14(22)21(20)8-5-3-2-4-6-8/h2-6H,7H2,1H3,(H,18,19). The molecule has 0 bridgehead atoms. The van der Waals surface area contributed by atoms with Crippen molar-refractivity contribution in [2.45, 2.75) is 6.42 Å². The van der Waals surface area contributed by atoms with Gasteiger partial charge in [-0.3, -0.25) is 9.48 Å². The first-order valence-corrected chi connectivity index (χ1v) is 7.95. The van der Waals surface area contributed by atoms with Gasteiger partial charge in [-0.05, 0) is 28.1 Å². The second kappa shape index (κ2) is 5.95. The van der Waals surface area contributed by atoms with Crippen molar-refractivity contribution < 1.29 is 0 Å². The lowest BCUT2D eigenvalue weighted by atomic mass is 10.3. The van der Waals surface area contributed by atoms with Gasteiger partial charge in [0.2, 0.25) is 0 Å². The number of rotatable bonds is 3. The van der Waals surface area contributed by atoms with E-state index in [1.54, 1.807) is 9.36 Å². The largest absolute Gasteiger partial charge is 0.331 e. The molecule has 0 atom stereocenters. The van der Waals surface area contributed by atoms with E-state index in [2.05, 4.69) is 25.9 Å². The van der Waals surface area contributed by atoms with E-state index < -0.39 is 0 Å². The summed E-state index contributed by atoms with van der Waals surface area (Å²) in [6, 6.07) is 9.42. The molecule has 114 valence electrons. The molecule has 0 fully saturated rings. The molecule has 1 aromatic carbocycles. The molecule has 3 rings (SSSR count). The normalized spacial score (nSPS) is 11.1. The lowest BCUT2D eigenvalue weighted by Gasteiger charge is -2.09. The van der Waals surface area contributed by atoms with E-state index in [1.807, 2.05) is 37.4 Å². The number of hydrogen-bond donors (Lipinski definition) is 1. The van der Waals surface area contributed by atoms with Gasteiger partial charge >= 0.3 is 0 Å². The van der Waals surface area contributed by atoms with Crippen LogP contribution in [0.15, 0.2) is 39.6 Å². The molecule has 0 saturated carbocycles. The van der Waals surface area contributed by atoms with Gasteiger partial charge in [0.15, 0.2) is 5.15 Å². The summed E-state index contributed by atoms with van der Waals surface area (Å²) in [5.74, 6) is 0.594. The Labute approximate surface area is 144 Å². The average molecular weight is 402 g/mol. The highest BCUT2D eigenvalue weighted by molar-refractivity contribution is 9.10. The quantitative estimate of drug-likeness (QED) is 0.729. The van der Waals surface area contributed by atoms with Crippen molar-refractivity contribution in [3.63, 3.8) is 0 Å². The Morgan fingerprint density at radius 3 is 2.55 bits per heavy atom. The molecule has 0 aliphatic heterocycles. The van der Waals surface area contributed by atoms with Crippen LogP contribution in [-0.4, -0.2) is 19.3 Å².